The first-order valence-electron chi connectivity index (χ1n) is 11.8. The van der Waals surface area contributed by atoms with Gasteiger partial charge in [0.25, 0.3) is 0 Å². The summed E-state index contributed by atoms with van der Waals surface area (Å²) in [4.78, 5) is 30.8. The lowest BCUT2D eigenvalue weighted by molar-refractivity contribution is 0.139. The Morgan fingerprint density at radius 3 is 2.69 bits per heavy atom. The van der Waals surface area contributed by atoms with Crippen molar-refractivity contribution in [1.29, 1.82) is 0 Å². The molecule has 3 heterocycles. The molecule has 0 aliphatic rings. The fraction of sp³-hybridized carbons (Fsp3) is 0.222. The first-order valence-corrected chi connectivity index (χ1v) is 12.7. The van der Waals surface area contributed by atoms with Gasteiger partial charge in [-0.05, 0) is 36.8 Å². The molecule has 1 unspecified atom stereocenters. The lowest BCUT2D eigenvalue weighted by atomic mass is 10.1. The number of anilines is 1. The maximum absolute atomic E-state index is 15.1. The smallest absolute Gasteiger partial charge is 0.412 e. The van der Waals surface area contributed by atoms with Crippen LogP contribution < -0.4 is 14.4 Å². The van der Waals surface area contributed by atoms with E-state index < -0.39 is 18.0 Å². The third kappa shape index (κ3) is 5.42. The summed E-state index contributed by atoms with van der Waals surface area (Å²) in [5.41, 5.74) is 3.88. The average Bonchev–Trinajstić information content (AvgIpc) is 3.33. The van der Waals surface area contributed by atoms with Gasteiger partial charge in [0.1, 0.15) is 11.6 Å². The normalized spacial score (nSPS) is 12.0. The van der Waals surface area contributed by atoms with E-state index in [9.17, 15) is 9.90 Å². The molecular formula is C27H24FN5O5S. The van der Waals surface area contributed by atoms with Crippen molar-refractivity contribution >= 4 is 44.4 Å². The maximum atomic E-state index is 15.1. The number of carbonyl (C=O) groups is 1. The Labute approximate surface area is 226 Å². The highest BCUT2D eigenvalue weighted by Crippen LogP contribution is 2.37. The number of amides is 1. The van der Waals surface area contributed by atoms with Crippen LogP contribution in [0.25, 0.3) is 31.8 Å². The Hall–Kier alpha value is -4.42. The highest BCUT2D eigenvalue weighted by molar-refractivity contribution is 7.21. The van der Waals surface area contributed by atoms with Gasteiger partial charge in [0, 0.05) is 31.0 Å². The molecule has 0 radical (unpaired) electrons. The van der Waals surface area contributed by atoms with E-state index in [1.165, 1.54) is 37.8 Å². The van der Waals surface area contributed by atoms with E-state index in [0.29, 0.717) is 37.8 Å². The van der Waals surface area contributed by atoms with Crippen molar-refractivity contribution in [3.8, 4) is 22.2 Å². The van der Waals surface area contributed by atoms with E-state index in [0.717, 1.165) is 16.0 Å². The van der Waals surface area contributed by atoms with Gasteiger partial charge in [0.2, 0.25) is 5.88 Å². The average molecular weight is 550 g/mol. The third-order valence-corrected chi connectivity index (χ3v) is 6.99. The van der Waals surface area contributed by atoms with Crippen LogP contribution in [0.3, 0.4) is 0 Å². The van der Waals surface area contributed by atoms with Crippen molar-refractivity contribution < 1.29 is 28.5 Å². The number of benzene rings is 2. The highest BCUT2D eigenvalue weighted by atomic mass is 32.1. The molecule has 5 aromatic rings. The summed E-state index contributed by atoms with van der Waals surface area (Å²) in [6, 6.07) is 9.24. The van der Waals surface area contributed by atoms with Gasteiger partial charge in [-0.1, -0.05) is 0 Å². The van der Waals surface area contributed by atoms with Crippen LogP contribution in [0.1, 0.15) is 5.56 Å². The quantitative estimate of drug-likeness (QED) is 0.260. The van der Waals surface area contributed by atoms with Gasteiger partial charge in [-0.2, -0.15) is 0 Å². The zero-order valence-electron chi connectivity index (χ0n) is 21.3. The molecular weight excluding hydrogens is 525 g/mol. The van der Waals surface area contributed by atoms with Crippen LogP contribution in [0, 0.1) is 12.7 Å². The van der Waals surface area contributed by atoms with Gasteiger partial charge >= 0.3 is 6.09 Å². The van der Waals surface area contributed by atoms with E-state index in [1.54, 1.807) is 30.6 Å². The Morgan fingerprint density at radius 2 is 1.97 bits per heavy atom. The predicted octanol–water partition coefficient (Wildman–Crippen LogP) is 5.34. The standard InChI is InChI=1S/C27H24FN5O5S/c1-15-7-18(25-21(8-15)31-24(37-3)12-30-25)26-32-20-9-19(28)22(10-23(20)39-26)38-14-17(13-36-2)33(27(34)35)16-5-4-6-29-11-16/h4-12,17H,13-14H2,1-3H3,(H,34,35). The van der Waals surface area contributed by atoms with Crippen LogP contribution >= 0.6 is 11.3 Å². The highest BCUT2D eigenvalue weighted by Gasteiger charge is 2.27. The summed E-state index contributed by atoms with van der Waals surface area (Å²) in [5, 5.41) is 10.5. The van der Waals surface area contributed by atoms with Crippen molar-refractivity contribution in [3.63, 3.8) is 0 Å². The zero-order valence-corrected chi connectivity index (χ0v) is 22.1. The van der Waals surface area contributed by atoms with E-state index in [-0.39, 0.29) is 19.0 Å². The first kappa shape index (κ1) is 26.2. The van der Waals surface area contributed by atoms with Crippen LogP contribution in [0.15, 0.2) is 55.0 Å². The first-order chi connectivity index (χ1) is 18.9. The molecule has 2 aromatic carbocycles. The summed E-state index contributed by atoms with van der Waals surface area (Å²) >= 11 is 1.37. The number of fused-ring (bicyclic) bond motifs is 2. The van der Waals surface area contributed by atoms with E-state index in [4.69, 9.17) is 14.2 Å². The number of nitrogens with zero attached hydrogens (tertiary/aromatic N) is 5. The molecule has 5 rings (SSSR count). The van der Waals surface area contributed by atoms with E-state index >= 15 is 4.39 Å². The Kier molecular flexibility index (Phi) is 7.48. The molecule has 1 amide bonds. The monoisotopic (exact) mass is 549 g/mol. The van der Waals surface area contributed by atoms with Gasteiger partial charge in [-0.15, -0.1) is 11.3 Å². The largest absolute Gasteiger partial charge is 0.488 e. The molecule has 0 spiro atoms. The number of aryl methyl sites for hydroxylation is 1. The Balaban J connectivity index is 1.46. The van der Waals surface area contributed by atoms with Gasteiger partial charge in [-0.25, -0.2) is 24.1 Å². The summed E-state index contributed by atoms with van der Waals surface area (Å²) in [6.07, 6.45) is 3.31. The van der Waals surface area contributed by atoms with E-state index in [1.807, 2.05) is 19.1 Å². The second-order valence-corrected chi connectivity index (χ2v) is 9.68. The topological polar surface area (TPSA) is 120 Å². The van der Waals surface area contributed by atoms with Crippen LogP contribution in [0.4, 0.5) is 14.9 Å². The molecule has 200 valence electrons. The van der Waals surface area contributed by atoms with Crippen LogP contribution in [0.5, 0.6) is 11.6 Å². The van der Waals surface area contributed by atoms with Crippen molar-refractivity contribution in [2.75, 3.05) is 32.3 Å². The molecule has 0 saturated carbocycles. The minimum absolute atomic E-state index is 0.0195. The minimum Gasteiger partial charge on any atom is -0.488 e. The molecule has 3 aromatic heterocycles. The number of hydrogen-bond acceptors (Lipinski definition) is 9. The van der Waals surface area contributed by atoms with Crippen molar-refractivity contribution in [2.45, 2.75) is 13.0 Å². The summed E-state index contributed by atoms with van der Waals surface area (Å²) < 4.78 is 32.0. The number of methoxy groups -OCH3 is 2. The Morgan fingerprint density at radius 1 is 1.13 bits per heavy atom. The van der Waals surface area contributed by atoms with Crippen LogP contribution in [-0.2, 0) is 4.74 Å². The molecule has 39 heavy (non-hydrogen) atoms. The van der Waals surface area contributed by atoms with Gasteiger partial charge in [0.05, 0.1) is 59.1 Å². The predicted molar refractivity (Wildman–Crippen MR) is 145 cm³/mol. The van der Waals surface area contributed by atoms with Crippen molar-refractivity contribution in [2.24, 2.45) is 0 Å². The van der Waals surface area contributed by atoms with Gasteiger partial charge in [-0.3, -0.25) is 9.88 Å². The third-order valence-electron chi connectivity index (χ3n) is 5.94. The lowest BCUT2D eigenvalue weighted by Crippen LogP contribution is -2.46. The number of hydrogen-bond donors (Lipinski definition) is 1. The number of pyridine rings is 1. The van der Waals surface area contributed by atoms with Crippen molar-refractivity contribution in [1.82, 2.24) is 19.9 Å². The molecule has 12 heteroatoms. The maximum Gasteiger partial charge on any atom is 0.412 e. The molecule has 1 atom stereocenters. The molecule has 0 fully saturated rings. The molecule has 10 nitrogen and oxygen atoms in total. The lowest BCUT2D eigenvalue weighted by Gasteiger charge is -2.28. The fourth-order valence-electron chi connectivity index (χ4n) is 4.21. The molecule has 0 bridgehead atoms. The minimum atomic E-state index is -1.21. The Bertz CT molecular complexity index is 1650. The second-order valence-electron chi connectivity index (χ2n) is 8.65. The van der Waals surface area contributed by atoms with E-state index in [2.05, 4.69) is 19.9 Å². The number of thiazole rings is 1. The van der Waals surface area contributed by atoms with Crippen molar-refractivity contribution in [3.05, 3.63) is 66.4 Å². The number of aromatic nitrogens is 4. The molecule has 1 N–H and O–H groups in total. The zero-order chi connectivity index (χ0) is 27.5. The molecule has 0 aliphatic heterocycles. The van der Waals surface area contributed by atoms with Gasteiger partial charge in [0.15, 0.2) is 11.6 Å². The molecule has 0 aliphatic carbocycles. The summed E-state index contributed by atoms with van der Waals surface area (Å²) in [5.74, 6) is -0.227. The fourth-order valence-corrected chi connectivity index (χ4v) is 5.21. The summed E-state index contributed by atoms with van der Waals surface area (Å²) in [6.45, 7) is 1.83. The van der Waals surface area contributed by atoms with Crippen LogP contribution in [0.2, 0.25) is 0 Å². The number of rotatable bonds is 9. The number of halogens is 1. The van der Waals surface area contributed by atoms with Gasteiger partial charge < -0.3 is 19.3 Å². The number of ether oxygens (including phenoxy) is 3. The molecule has 0 saturated heterocycles. The second kappa shape index (κ2) is 11.1. The SMILES string of the molecule is COCC(COc1cc2sc(-c3cc(C)cc4nc(OC)cnc34)nc2cc1F)N(C(=O)O)c1cccnc1. The summed E-state index contributed by atoms with van der Waals surface area (Å²) in [7, 11) is 2.99. The number of carboxylic acid groups (broad SMARTS) is 1. The van der Waals surface area contributed by atoms with Crippen LogP contribution in [-0.4, -0.2) is 64.6 Å².